The number of rotatable bonds is 8. The molecule has 0 radical (unpaired) electrons. The van der Waals surface area contributed by atoms with Gasteiger partial charge in [-0.05, 0) is 38.0 Å². The van der Waals surface area contributed by atoms with Gasteiger partial charge in [-0.2, -0.15) is 0 Å². The largest absolute Gasteiger partial charge is 0.479 e. The molecule has 0 aromatic heterocycles. The van der Waals surface area contributed by atoms with Crippen molar-refractivity contribution in [2.75, 3.05) is 28.6 Å². The van der Waals surface area contributed by atoms with Gasteiger partial charge in [0.1, 0.15) is 5.75 Å². The van der Waals surface area contributed by atoms with Crippen LogP contribution in [0.15, 0.2) is 30.3 Å². The Morgan fingerprint density at radius 3 is 2.36 bits per heavy atom. The number of amides is 2. The Labute approximate surface area is 187 Å². The van der Waals surface area contributed by atoms with Crippen molar-refractivity contribution in [3.63, 3.8) is 0 Å². The van der Waals surface area contributed by atoms with E-state index in [4.69, 9.17) is 9.84 Å². The van der Waals surface area contributed by atoms with Crippen LogP contribution in [0.2, 0.25) is 0 Å². The number of halogens is 3. The standard InChI is InChI=1S/C22H22F3N3O5/c1-12(22(31)32)33-19-3-2-14(8-18(19)26-11-29)27-21(30)13-4-6-28(7-5-13)15-9-16(23)20(25)17(24)10-15/h2-3,8-13H,4-7H2,1H3,(H,26,29)(H,27,30)(H,31,32). The number of piperidine rings is 1. The average molecular weight is 465 g/mol. The van der Waals surface area contributed by atoms with Crippen LogP contribution >= 0.6 is 0 Å². The number of anilines is 3. The molecule has 0 spiro atoms. The summed E-state index contributed by atoms with van der Waals surface area (Å²) in [5.74, 6) is -5.77. The van der Waals surface area contributed by atoms with E-state index in [9.17, 15) is 27.6 Å². The molecule has 3 rings (SSSR count). The molecule has 0 aliphatic carbocycles. The van der Waals surface area contributed by atoms with Crippen LogP contribution in [-0.2, 0) is 14.4 Å². The highest BCUT2D eigenvalue weighted by Gasteiger charge is 2.26. The van der Waals surface area contributed by atoms with Crippen molar-refractivity contribution in [1.82, 2.24) is 0 Å². The Morgan fingerprint density at radius 2 is 1.79 bits per heavy atom. The molecule has 1 aliphatic rings. The average Bonchev–Trinajstić information content (AvgIpc) is 2.79. The first-order valence-corrected chi connectivity index (χ1v) is 10.1. The summed E-state index contributed by atoms with van der Waals surface area (Å²) in [6, 6.07) is 6.23. The lowest BCUT2D eigenvalue weighted by molar-refractivity contribution is -0.144. The van der Waals surface area contributed by atoms with Gasteiger partial charge in [-0.3, -0.25) is 9.59 Å². The normalized spacial score (nSPS) is 15.0. The number of hydrogen-bond acceptors (Lipinski definition) is 5. The number of carboxylic acid groups (broad SMARTS) is 1. The first kappa shape index (κ1) is 23.9. The minimum atomic E-state index is -1.52. The van der Waals surface area contributed by atoms with Crippen molar-refractivity contribution in [1.29, 1.82) is 0 Å². The fourth-order valence-corrected chi connectivity index (χ4v) is 3.50. The van der Waals surface area contributed by atoms with Crippen LogP contribution in [0.4, 0.5) is 30.2 Å². The molecule has 1 fully saturated rings. The van der Waals surface area contributed by atoms with Crippen LogP contribution < -0.4 is 20.3 Å². The van der Waals surface area contributed by atoms with E-state index >= 15 is 0 Å². The summed E-state index contributed by atoms with van der Waals surface area (Å²) >= 11 is 0. The van der Waals surface area contributed by atoms with Gasteiger partial charge in [-0.1, -0.05) is 0 Å². The van der Waals surface area contributed by atoms with Crippen LogP contribution in [0.3, 0.4) is 0 Å². The number of aliphatic carboxylic acids is 1. The number of benzene rings is 2. The van der Waals surface area contributed by atoms with Crippen molar-refractivity contribution in [3.05, 3.63) is 47.8 Å². The maximum absolute atomic E-state index is 13.5. The molecule has 1 saturated heterocycles. The summed E-state index contributed by atoms with van der Waals surface area (Å²) in [6.07, 6.45) is 0.0635. The third-order valence-electron chi connectivity index (χ3n) is 5.31. The van der Waals surface area contributed by atoms with Crippen molar-refractivity contribution >= 4 is 35.3 Å². The molecule has 2 aromatic carbocycles. The number of carbonyl (C=O) groups excluding carboxylic acids is 2. The number of nitrogens with one attached hydrogen (secondary N) is 2. The lowest BCUT2D eigenvalue weighted by Crippen LogP contribution is -2.38. The third-order valence-corrected chi connectivity index (χ3v) is 5.31. The Bertz CT molecular complexity index is 1030. The molecular weight excluding hydrogens is 443 g/mol. The number of hydrogen-bond donors (Lipinski definition) is 3. The van der Waals surface area contributed by atoms with Crippen molar-refractivity contribution in [2.45, 2.75) is 25.9 Å². The zero-order valence-electron chi connectivity index (χ0n) is 17.6. The summed E-state index contributed by atoms with van der Waals surface area (Å²) < 4.78 is 45.5. The van der Waals surface area contributed by atoms with E-state index in [0.717, 1.165) is 12.1 Å². The molecule has 0 saturated carbocycles. The van der Waals surface area contributed by atoms with E-state index < -0.39 is 29.5 Å². The van der Waals surface area contributed by atoms with Gasteiger partial charge in [-0.15, -0.1) is 0 Å². The zero-order valence-corrected chi connectivity index (χ0v) is 17.6. The predicted octanol–water partition coefficient (Wildman–Crippen LogP) is 3.38. The maximum atomic E-state index is 13.5. The fraction of sp³-hybridized carbons (Fsp3) is 0.318. The lowest BCUT2D eigenvalue weighted by atomic mass is 9.95. The third kappa shape index (κ3) is 5.73. The van der Waals surface area contributed by atoms with Gasteiger partial charge in [0, 0.05) is 42.5 Å². The fourth-order valence-electron chi connectivity index (χ4n) is 3.50. The van der Waals surface area contributed by atoms with E-state index in [1.165, 1.54) is 25.1 Å². The summed E-state index contributed by atoms with van der Waals surface area (Å²) in [5, 5.41) is 14.1. The molecule has 33 heavy (non-hydrogen) atoms. The number of carboxylic acids is 1. The van der Waals surface area contributed by atoms with E-state index in [-0.39, 0.29) is 28.9 Å². The Balaban J connectivity index is 1.63. The topological polar surface area (TPSA) is 108 Å². The SMILES string of the molecule is CC(Oc1ccc(NC(=O)C2CCN(c3cc(F)c(F)c(F)c3)CC2)cc1NC=O)C(=O)O. The molecule has 2 aromatic rings. The summed E-state index contributed by atoms with van der Waals surface area (Å²) in [4.78, 5) is 36.3. The number of nitrogens with zero attached hydrogens (tertiary/aromatic N) is 1. The van der Waals surface area contributed by atoms with Crippen LogP contribution in [0.1, 0.15) is 19.8 Å². The van der Waals surface area contributed by atoms with Crippen LogP contribution in [-0.4, -0.2) is 42.6 Å². The van der Waals surface area contributed by atoms with E-state index in [0.29, 0.717) is 38.0 Å². The van der Waals surface area contributed by atoms with Crippen LogP contribution in [0.5, 0.6) is 5.75 Å². The van der Waals surface area contributed by atoms with Crippen molar-refractivity contribution in [2.24, 2.45) is 5.92 Å². The highest BCUT2D eigenvalue weighted by atomic mass is 19.2. The Hall–Kier alpha value is -3.76. The van der Waals surface area contributed by atoms with Gasteiger partial charge in [0.05, 0.1) is 5.69 Å². The van der Waals surface area contributed by atoms with E-state index in [1.54, 1.807) is 4.90 Å². The molecule has 1 unspecified atom stereocenters. The first-order valence-electron chi connectivity index (χ1n) is 10.1. The molecule has 3 N–H and O–H groups in total. The maximum Gasteiger partial charge on any atom is 0.344 e. The monoisotopic (exact) mass is 465 g/mol. The molecular formula is C22H22F3N3O5. The molecule has 11 heteroatoms. The minimum Gasteiger partial charge on any atom is -0.479 e. The van der Waals surface area contributed by atoms with Crippen molar-refractivity contribution in [3.8, 4) is 5.75 Å². The van der Waals surface area contributed by atoms with Crippen LogP contribution in [0.25, 0.3) is 0 Å². The highest BCUT2D eigenvalue weighted by molar-refractivity contribution is 5.94. The van der Waals surface area contributed by atoms with Gasteiger partial charge >= 0.3 is 5.97 Å². The highest BCUT2D eigenvalue weighted by Crippen LogP contribution is 2.30. The number of carbonyl (C=O) groups is 3. The second-order valence-corrected chi connectivity index (χ2v) is 7.55. The first-order chi connectivity index (χ1) is 15.7. The molecule has 176 valence electrons. The van der Waals surface area contributed by atoms with Gasteiger partial charge in [-0.25, -0.2) is 18.0 Å². The lowest BCUT2D eigenvalue weighted by Gasteiger charge is -2.33. The number of ether oxygens (including phenoxy) is 1. The summed E-state index contributed by atoms with van der Waals surface area (Å²) in [5.41, 5.74) is 0.761. The quantitative estimate of drug-likeness (QED) is 0.408. The van der Waals surface area contributed by atoms with Gasteiger partial charge < -0.3 is 25.4 Å². The zero-order chi connectivity index (χ0) is 24.1. The van der Waals surface area contributed by atoms with Gasteiger partial charge in [0.2, 0.25) is 12.3 Å². The second-order valence-electron chi connectivity index (χ2n) is 7.55. The van der Waals surface area contributed by atoms with E-state index in [1.807, 2.05) is 0 Å². The molecule has 1 aliphatic heterocycles. The molecule has 0 bridgehead atoms. The van der Waals surface area contributed by atoms with Gasteiger partial charge in [0.15, 0.2) is 23.6 Å². The molecule has 8 nitrogen and oxygen atoms in total. The molecule has 2 amide bonds. The van der Waals surface area contributed by atoms with E-state index in [2.05, 4.69) is 10.6 Å². The van der Waals surface area contributed by atoms with Crippen molar-refractivity contribution < 1.29 is 37.4 Å². The van der Waals surface area contributed by atoms with Gasteiger partial charge in [0.25, 0.3) is 0 Å². The minimum absolute atomic E-state index is 0.127. The molecule has 1 atom stereocenters. The smallest absolute Gasteiger partial charge is 0.344 e. The second kappa shape index (κ2) is 10.2. The Morgan fingerprint density at radius 1 is 1.15 bits per heavy atom. The predicted molar refractivity (Wildman–Crippen MR) is 114 cm³/mol. The molecule has 1 heterocycles. The summed E-state index contributed by atoms with van der Waals surface area (Å²) in [6.45, 7) is 2.03. The Kier molecular flexibility index (Phi) is 7.41. The van der Waals surface area contributed by atoms with Crippen LogP contribution in [0, 0.1) is 23.4 Å². The summed E-state index contributed by atoms with van der Waals surface area (Å²) in [7, 11) is 0.